The maximum atomic E-state index is 11.3. The molecule has 0 aliphatic rings. The van der Waals surface area contributed by atoms with Gasteiger partial charge in [0, 0.05) is 4.88 Å². The molecule has 120 valence electrons. The number of thiazole rings is 1. The molecule has 0 bridgehead atoms. The minimum atomic E-state index is -0.877. The quantitative estimate of drug-likeness (QED) is 0.491. The molecule has 3 nitrogen and oxygen atoms in total. The van der Waals surface area contributed by atoms with E-state index in [0.717, 1.165) is 17.7 Å². The van der Waals surface area contributed by atoms with Gasteiger partial charge < -0.3 is 5.11 Å². The molecule has 1 N–H and O–H groups in total. The molecule has 1 aromatic heterocycles. The van der Waals surface area contributed by atoms with Crippen LogP contribution in [0.2, 0.25) is 0 Å². The highest BCUT2D eigenvalue weighted by Crippen LogP contribution is 2.33. The molecule has 0 saturated carbocycles. The van der Waals surface area contributed by atoms with Crippen LogP contribution in [0.5, 0.6) is 0 Å². The maximum absolute atomic E-state index is 11.3. The predicted octanol–water partition coefficient (Wildman–Crippen LogP) is 5.87. The van der Waals surface area contributed by atoms with Crippen LogP contribution >= 0.6 is 11.3 Å². The van der Waals surface area contributed by atoms with Crippen molar-refractivity contribution in [3.05, 3.63) is 16.1 Å². The average molecular weight is 311 g/mol. The van der Waals surface area contributed by atoms with Crippen LogP contribution in [0.15, 0.2) is 5.51 Å². The summed E-state index contributed by atoms with van der Waals surface area (Å²) in [6.07, 6.45) is 12.1. The summed E-state index contributed by atoms with van der Waals surface area (Å²) in [6.45, 7) is 4.43. The highest BCUT2D eigenvalue weighted by atomic mass is 32.1. The Balaban J connectivity index is 2.61. The van der Waals surface area contributed by atoms with E-state index in [0.29, 0.717) is 5.92 Å². The molecule has 0 aromatic carbocycles. The number of rotatable bonds is 12. The number of carboxylic acids is 1. The van der Waals surface area contributed by atoms with Crippen molar-refractivity contribution in [3.63, 3.8) is 0 Å². The molecule has 0 aliphatic carbocycles. The van der Waals surface area contributed by atoms with E-state index >= 15 is 0 Å². The van der Waals surface area contributed by atoms with Crippen LogP contribution in [0.4, 0.5) is 0 Å². The van der Waals surface area contributed by atoms with Gasteiger partial charge in [-0.05, 0) is 18.8 Å². The smallest absolute Gasteiger partial charge is 0.355 e. The predicted molar refractivity (Wildman–Crippen MR) is 89.3 cm³/mol. The van der Waals surface area contributed by atoms with Crippen LogP contribution in [-0.4, -0.2) is 16.1 Å². The molecular weight excluding hydrogens is 282 g/mol. The van der Waals surface area contributed by atoms with Gasteiger partial charge in [0.25, 0.3) is 0 Å². The zero-order chi connectivity index (χ0) is 15.5. The molecule has 0 spiro atoms. The zero-order valence-electron chi connectivity index (χ0n) is 13.4. The van der Waals surface area contributed by atoms with E-state index in [1.165, 1.54) is 62.7 Å². The SMILES string of the molecule is CCCCCCC(CCCCCC)c1scnc1C(=O)O. The van der Waals surface area contributed by atoms with Crippen LogP contribution in [0.3, 0.4) is 0 Å². The molecule has 0 fully saturated rings. The molecule has 1 aromatic rings. The van der Waals surface area contributed by atoms with Crippen molar-refractivity contribution in [1.82, 2.24) is 4.98 Å². The molecule has 0 aliphatic heterocycles. The highest BCUT2D eigenvalue weighted by Gasteiger charge is 2.21. The van der Waals surface area contributed by atoms with Gasteiger partial charge in [0.1, 0.15) is 0 Å². The molecule has 1 rings (SSSR count). The summed E-state index contributed by atoms with van der Waals surface area (Å²) in [6, 6.07) is 0. The van der Waals surface area contributed by atoms with E-state index in [-0.39, 0.29) is 5.69 Å². The number of nitrogens with zero attached hydrogens (tertiary/aromatic N) is 1. The maximum Gasteiger partial charge on any atom is 0.355 e. The lowest BCUT2D eigenvalue weighted by atomic mass is 9.92. The third kappa shape index (κ3) is 6.60. The first kappa shape index (κ1) is 18.1. The Morgan fingerprint density at radius 2 is 1.67 bits per heavy atom. The van der Waals surface area contributed by atoms with E-state index in [4.69, 9.17) is 0 Å². The van der Waals surface area contributed by atoms with Gasteiger partial charge in [-0.25, -0.2) is 9.78 Å². The number of aromatic nitrogens is 1. The Morgan fingerprint density at radius 1 is 1.10 bits per heavy atom. The van der Waals surface area contributed by atoms with Gasteiger partial charge in [-0.3, -0.25) is 0 Å². The first-order valence-corrected chi connectivity index (χ1v) is 9.25. The Hall–Kier alpha value is -0.900. The van der Waals surface area contributed by atoms with E-state index in [1.54, 1.807) is 5.51 Å². The highest BCUT2D eigenvalue weighted by molar-refractivity contribution is 7.10. The van der Waals surface area contributed by atoms with Gasteiger partial charge in [0.2, 0.25) is 0 Å². The number of aromatic carboxylic acids is 1. The minimum Gasteiger partial charge on any atom is -0.476 e. The van der Waals surface area contributed by atoms with Crippen molar-refractivity contribution in [2.24, 2.45) is 0 Å². The van der Waals surface area contributed by atoms with Gasteiger partial charge >= 0.3 is 5.97 Å². The standard InChI is InChI=1S/C17H29NO2S/c1-3-5-7-9-11-14(12-10-8-6-4-2)16-15(17(19)20)18-13-21-16/h13-14H,3-12H2,1-2H3,(H,19,20). The minimum absolute atomic E-state index is 0.288. The summed E-state index contributed by atoms with van der Waals surface area (Å²) in [5.74, 6) is -0.490. The Labute approximate surface area is 132 Å². The normalized spacial score (nSPS) is 11.2. The van der Waals surface area contributed by atoms with Crippen LogP contribution in [0, 0.1) is 0 Å². The lowest BCUT2D eigenvalue weighted by molar-refractivity contribution is 0.0689. The molecule has 4 heteroatoms. The Bertz CT molecular complexity index is 391. The summed E-state index contributed by atoms with van der Waals surface area (Å²) in [5, 5.41) is 9.27. The van der Waals surface area contributed by atoms with Crippen molar-refractivity contribution in [3.8, 4) is 0 Å². The van der Waals surface area contributed by atoms with E-state index < -0.39 is 5.97 Å². The molecule has 21 heavy (non-hydrogen) atoms. The van der Waals surface area contributed by atoms with Gasteiger partial charge in [-0.2, -0.15) is 0 Å². The number of hydrogen-bond donors (Lipinski definition) is 1. The van der Waals surface area contributed by atoms with Crippen LogP contribution in [0.25, 0.3) is 0 Å². The van der Waals surface area contributed by atoms with E-state index in [9.17, 15) is 9.90 Å². The third-order valence-corrected chi connectivity index (χ3v) is 4.97. The Morgan fingerprint density at radius 3 is 2.14 bits per heavy atom. The largest absolute Gasteiger partial charge is 0.476 e. The number of unbranched alkanes of at least 4 members (excludes halogenated alkanes) is 6. The fraction of sp³-hybridized carbons (Fsp3) is 0.765. The molecule has 0 radical (unpaired) electrons. The van der Waals surface area contributed by atoms with Gasteiger partial charge in [-0.15, -0.1) is 11.3 Å². The first-order chi connectivity index (χ1) is 10.2. The van der Waals surface area contributed by atoms with Crippen molar-refractivity contribution < 1.29 is 9.90 Å². The summed E-state index contributed by atoms with van der Waals surface area (Å²) in [7, 11) is 0. The molecular formula is C17H29NO2S. The third-order valence-electron chi connectivity index (χ3n) is 3.98. The average Bonchev–Trinajstić information content (AvgIpc) is 2.95. The van der Waals surface area contributed by atoms with Crippen molar-refractivity contribution in [2.45, 2.75) is 84.0 Å². The van der Waals surface area contributed by atoms with Gasteiger partial charge in [0.15, 0.2) is 5.69 Å². The molecule has 0 atom stereocenters. The van der Waals surface area contributed by atoms with Crippen LogP contribution < -0.4 is 0 Å². The Kier molecular flexibility index (Phi) is 9.31. The van der Waals surface area contributed by atoms with E-state index in [2.05, 4.69) is 18.8 Å². The fourth-order valence-electron chi connectivity index (χ4n) is 2.75. The lowest BCUT2D eigenvalue weighted by Crippen LogP contribution is -2.06. The lowest BCUT2D eigenvalue weighted by Gasteiger charge is -2.16. The number of carboxylic acid groups (broad SMARTS) is 1. The zero-order valence-corrected chi connectivity index (χ0v) is 14.3. The molecule has 0 saturated heterocycles. The summed E-state index contributed by atoms with van der Waals surface area (Å²) >= 11 is 1.52. The van der Waals surface area contributed by atoms with Crippen LogP contribution in [-0.2, 0) is 0 Å². The summed E-state index contributed by atoms with van der Waals surface area (Å²) < 4.78 is 0. The van der Waals surface area contributed by atoms with Crippen molar-refractivity contribution in [1.29, 1.82) is 0 Å². The van der Waals surface area contributed by atoms with Crippen molar-refractivity contribution >= 4 is 17.3 Å². The second kappa shape index (κ2) is 10.8. The monoisotopic (exact) mass is 311 g/mol. The second-order valence-electron chi connectivity index (χ2n) is 5.77. The van der Waals surface area contributed by atoms with E-state index in [1.807, 2.05) is 0 Å². The fourth-order valence-corrected chi connectivity index (χ4v) is 3.70. The summed E-state index contributed by atoms with van der Waals surface area (Å²) in [4.78, 5) is 16.3. The molecule has 0 unspecified atom stereocenters. The second-order valence-corrected chi connectivity index (χ2v) is 6.65. The van der Waals surface area contributed by atoms with Crippen molar-refractivity contribution in [2.75, 3.05) is 0 Å². The summed E-state index contributed by atoms with van der Waals surface area (Å²) in [5.41, 5.74) is 1.97. The first-order valence-electron chi connectivity index (χ1n) is 8.37. The van der Waals surface area contributed by atoms with Crippen LogP contribution in [0.1, 0.15) is 99.3 Å². The molecule has 1 heterocycles. The van der Waals surface area contributed by atoms with Gasteiger partial charge in [0.05, 0.1) is 5.51 Å². The number of carbonyl (C=O) groups is 1. The topological polar surface area (TPSA) is 50.2 Å². The van der Waals surface area contributed by atoms with Gasteiger partial charge in [-0.1, -0.05) is 65.2 Å². The molecule has 0 amide bonds. The number of hydrogen-bond acceptors (Lipinski definition) is 3.